The van der Waals surface area contributed by atoms with Crippen LogP contribution in [0.2, 0.25) is 0 Å². The van der Waals surface area contributed by atoms with E-state index < -0.39 is 0 Å². The molecule has 0 saturated carbocycles. The smallest absolute Gasteiger partial charge is 0.256 e. The molecule has 2 heterocycles. The number of aromatic nitrogens is 2. The molecule has 0 spiro atoms. The first-order valence-corrected chi connectivity index (χ1v) is 6.50. The number of anilines is 1. The van der Waals surface area contributed by atoms with Crippen molar-refractivity contribution in [3.05, 3.63) is 34.2 Å². The molecule has 18 heavy (non-hydrogen) atoms. The average Bonchev–Trinajstić information content (AvgIpc) is 2.96. The minimum Gasteiger partial charge on any atom is -0.383 e. The van der Waals surface area contributed by atoms with Gasteiger partial charge in [0.1, 0.15) is 11.4 Å². The molecule has 2 aromatic heterocycles. The van der Waals surface area contributed by atoms with Crippen molar-refractivity contribution in [3.8, 4) is 0 Å². The normalized spacial score (nSPS) is 11.4. The molecule has 5 nitrogen and oxygen atoms in total. The number of nitrogens with zero attached hydrogens (tertiary/aromatic N) is 1. The largest absolute Gasteiger partial charge is 0.383 e. The number of nitrogen functional groups attached to an aromatic ring is 1. The molecule has 0 aliphatic rings. The van der Waals surface area contributed by atoms with Crippen molar-refractivity contribution in [3.63, 3.8) is 0 Å². The third-order valence-electron chi connectivity index (χ3n) is 2.79. The number of rotatable bonds is 4. The van der Waals surface area contributed by atoms with E-state index in [2.05, 4.69) is 35.4 Å². The van der Waals surface area contributed by atoms with Gasteiger partial charge in [-0.1, -0.05) is 19.9 Å². The van der Waals surface area contributed by atoms with Gasteiger partial charge in [0.05, 0.1) is 6.20 Å². The zero-order valence-corrected chi connectivity index (χ0v) is 11.2. The van der Waals surface area contributed by atoms with E-state index in [0.717, 1.165) is 0 Å². The van der Waals surface area contributed by atoms with Crippen molar-refractivity contribution in [1.29, 1.82) is 0 Å². The first-order valence-electron chi connectivity index (χ1n) is 5.62. The number of nitrogens with two attached hydrogens (primary N) is 1. The maximum Gasteiger partial charge on any atom is 0.256 e. The van der Waals surface area contributed by atoms with Gasteiger partial charge in [-0.2, -0.15) is 5.10 Å². The molecule has 1 amide bonds. The highest BCUT2D eigenvalue weighted by molar-refractivity contribution is 7.10. The standard InChI is InChI=1S/C12H16N4OS/c1-12(2,9-4-3-5-18-9)7-14-11(17)8-6-15-16-10(8)13/h3-6H,7H2,1-2H3,(H,14,17)(H3,13,15,16). The maximum atomic E-state index is 11.9. The maximum absolute atomic E-state index is 11.9. The molecule has 2 aromatic rings. The predicted molar refractivity (Wildman–Crippen MR) is 72.7 cm³/mol. The zero-order valence-electron chi connectivity index (χ0n) is 10.4. The Kier molecular flexibility index (Phi) is 3.38. The highest BCUT2D eigenvalue weighted by Crippen LogP contribution is 2.26. The highest BCUT2D eigenvalue weighted by atomic mass is 32.1. The second kappa shape index (κ2) is 4.81. The second-order valence-electron chi connectivity index (χ2n) is 4.74. The monoisotopic (exact) mass is 264 g/mol. The Labute approximate surface area is 109 Å². The summed E-state index contributed by atoms with van der Waals surface area (Å²) >= 11 is 1.69. The molecular formula is C12H16N4OS. The molecule has 0 aliphatic heterocycles. The van der Waals surface area contributed by atoms with E-state index in [-0.39, 0.29) is 11.3 Å². The molecule has 96 valence electrons. The first-order chi connectivity index (χ1) is 8.50. The van der Waals surface area contributed by atoms with Crippen LogP contribution >= 0.6 is 11.3 Å². The summed E-state index contributed by atoms with van der Waals surface area (Å²) in [5.74, 6) is 0.0901. The van der Waals surface area contributed by atoms with Crippen LogP contribution in [0.1, 0.15) is 29.1 Å². The van der Waals surface area contributed by atoms with Gasteiger partial charge in [-0.05, 0) is 11.4 Å². The van der Waals surface area contributed by atoms with Gasteiger partial charge < -0.3 is 11.1 Å². The van der Waals surface area contributed by atoms with Crippen LogP contribution in [-0.2, 0) is 5.41 Å². The summed E-state index contributed by atoms with van der Waals surface area (Å²) in [5.41, 5.74) is 5.89. The number of carbonyl (C=O) groups is 1. The molecule has 0 saturated heterocycles. The van der Waals surface area contributed by atoms with Crippen LogP contribution in [0.15, 0.2) is 23.7 Å². The lowest BCUT2D eigenvalue weighted by molar-refractivity contribution is 0.0947. The highest BCUT2D eigenvalue weighted by Gasteiger charge is 2.23. The van der Waals surface area contributed by atoms with Crippen LogP contribution in [0.4, 0.5) is 5.82 Å². The molecule has 0 unspecified atom stereocenters. The number of hydrogen-bond donors (Lipinski definition) is 3. The predicted octanol–water partition coefficient (Wildman–Crippen LogP) is 1.76. The van der Waals surface area contributed by atoms with E-state index >= 15 is 0 Å². The third-order valence-corrected chi connectivity index (χ3v) is 4.03. The van der Waals surface area contributed by atoms with Gasteiger partial charge in [-0.25, -0.2) is 0 Å². The van der Waals surface area contributed by atoms with Crippen molar-refractivity contribution in [2.75, 3.05) is 12.3 Å². The van der Waals surface area contributed by atoms with Gasteiger partial charge in [-0.15, -0.1) is 11.3 Å². The van der Waals surface area contributed by atoms with E-state index in [1.807, 2.05) is 11.4 Å². The van der Waals surface area contributed by atoms with Crippen molar-refractivity contribution in [2.45, 2.75) is 19.3 Å². The van der Waals surface area contributed by atoms with Gasteiger partial charge in [0.15, 0.2) is 0 Å². The summed E-state index contributed by atoms with van der Waals surface area (Å²) in [4.78, 5) is 13.1. The van der Waals surface area contributed by atoms with Crippen LogP contribution < -0.4 is 11.1 Å². The Balaban J connectivity index is 2.00. The molecule has 0 atom stereocenters. The minimum absolute atomic E-state index is 0.0949. The summed E-state index contributed by atoms with van der Waals surface area (Å²) in [6.45, 7) is 4.74. The molecule has 0 bridgehead atoms. The molecule has 6 heteroatoms. The number of thiophene rings is 1. The minimum atomic E-state index is -0.203. The van der Waals surface area contributed by atoms with E-state index in [4.69, 9.17) is 5.73 Å². The summed E-state index contributed by atoms with van der Waals surface area (Å²) in [7, 11) is 0. The number of hydrogen-bond acceptors (Lipinski definition) is 4. The van der Waals surface area contributed by atoms with E-state index in [0.29, 0.717) is 17.9 Å². The summed E-state index contributed by atoms with van der Waals surface area (Å²) in [6, 6.07) is 4.08. The second-order valence-corrected chi connectivity index (χ2v) is 5.69. The molecule has 2 rings (SSSR count). The SMILES string of the molecule is CC(C)(CNC(=O)c1cn[nH]c1N)c1cccs1. The Morgan fingerprint density at radius 1 is 1.61 bits per heavy atom. The molecular weight excluding hydrogens is 248 g/mol. The molecule has 0 aliphatic carbocycles. The van der Waals surface area contributed by atoms with Crippen LogP contribution in [0.25, 0.3) is 0 Å². The van der Waals surface area contributed by atoms with Gasteiger partial charge in [0, 0.05) is 16.8 Å². The Morgan fingerprint density at radius 2 is 2.39 bits per heavy atom. The number of H-pyrrole nitrogens is 1. The summed E-state index contributed by atoms with van der Waals surface area (Å²) in [6.07, 6.45) is 1.43. The third kappa shape index (κ3) is 2.53. The number of carbonyl (C=O) groups excluding carboxylic acids is 1. The van der Waals surface area contributed by atoms with Crippen molar-refractivity contribution >= 4 is 23.1 Å². The fourth-order valence-corrected chi connectivity index (χ4v) is 2.48. The fraction of sp³-hybridized carbons (Fsp3) is 0.333. The van der Waals surface area contributed by atoms with E-state index in [9.17, 15) is 4.79 Å². The number of aromatic amines is 1. The number of amides is 1. The number of nitrogens with one attached hydrogen (secondary N) is 2. The van der Waals surface area contributed by atoms with Crippen LogP contribution in [0.5, 0.6) is 0 Å². The first kappa shape index (κ1) is 12.6. The molecule has 0 aromatic carbocycles. The van der Waals surface area contributed by atoms with Gasteiger partial charge in [0.25, 0.3) is 5.91 Å². The van der Waals surface area contributed by atoms with Gasteiger partial charge in [-0.3, -0.25) is 9.89 Å². The Hall–Kier alpha value is -1.82. The topological polar surface area (TPSA) is 83.8 Å². The lowest BCUT2D eigenvalue weighted by Gasteiger charge is -2.23. The van der Waals surface area contributed by atoms with Crippen LogP contribution in [0.3, 0.4) is 0 Å². The lowest BCUT2D eigenvalue weighted by Crippen LogP contribution is -2.36. The zero-order chi connectivity index (χ0) is 13.2. The van der Waals surface area contributed by atoms with E-state index in [1.165, 1.54) is 11.1 Å². The van der Waals surface area contributed by atoms with E-state index in [1.54, 1.807) is 11.3 Å². The van der Waals surface area contributed by atoms with Crippen LogP contribution in [0, 0.1) is 0 Å². The molecule has 0 fully saturated rings. The molecule has 4 N–H and O–H groups in total. The Morgan fingerprint density at radius 3 is 2.94 bits per heavy atom. The average molecular weight is 264 g/mol. The summed E-state index contributed by atoms with van der Waals surface area (Å²) < 4.78 is 0. The van der Waals surface area contributed by atoms with Crippen molar-refractivity contribution in [2.24, 2.45) is 0 Å². The fourth-order valence-electron chi connectivity index (χ4n) is 1.62. The van der Waals surface area contributed by atoms with Gasteiger partial charge in [0.2, 0.25) is 0 Å². The van der Waals surface area contributed by atoms with Crippen molar-refractivity contribution < 1.29 is 4.79 Å². The van der Waals surface area contributed by atoms with Crippen molar-refractivity contribution in [1.82, 2.24) is 15.5 Å². The summed E-state index contributed by atoms with van der Waals surface area (Å²) in [5, 5.41) is 11.2. The van der Waals surface area contributed by atoms with Crippen LogP contribution in [-0.4, -0.2) is 22.6 Å². The Bertz CT molecular complexity index is 530. The van der Waals surface area contributed by atoms with Gasteiger partial charge >= 0.3 is 0 Å². The molecule has 0 radical (unpaired) electrons. The quantitative estimate of drug-likeness (QED) is 0.786. The lowest BCUT2D eigenvalue weighted by atomic mass is 9.91.